The van der Waals surface area contributed by atoms with Gasteiger partial charge in [-0.25, -0.2) is 4.98 Å². The first-order valence-electron chi connectivity index (χ1n) is 6.00. The summed E-state index contributed by atoms with van der Waals surface area (Å²) in [6, 6.07) is 4.82. The lowest BCUT2D eigenvalue weighted by atomic mass is 10.3. The van der Waals surface area contributed by atoms with Crippen LogP contribution in [0.3, 0.4) is 0 Å². The predicted molar refractivity (Wildman–Crippen MR) is 67.4 cm³/mol. The maximum absolute atomic E-state index is 4.30. The van der Waals surface area contributed by atoms with E-state index < -0.39 is 0 Å². The molecule has 5 heteroatoms. The van der Waals surface area contributed by atoms with Crippen molar-refractivity contribution in [3.63, 3.8) is 0 Å². The first kappa shape index (κ1) is 10.5. The first-order chi connectivity index (χ1) is 8.28. The van der Waals surface area contributed by atoms with Crippen LogP contribution in [0.1, 0.15) is 12.0 Å². The number of hydrogen-bond acceptors (Lipinski definition) is 4. The minimum Gasteiger partial charge on any atom is -0.355 e. The van der Waals surface area contributed by atoms with Crippen LogP contribution >= 0.6 is 0 Å². The molecule has 3 heterocycles. The number of aromatic nitrogens is 3. The molecular formula is C12H17N5. The molecule has 0 saturated carbocycles. The summed E-state index contributed by atoms with van der Waals surface area (Å²) in [5.74, 6) is 1.15. The monoisotopic (exact) mass is 231 g/mol. The number of aryl methyl sites for hydroxylation is 1. The molecule has 90 valence electrons. The number of nitrogens with zero attached hydrogens (tertiary/aromatic N) is 4. The van der Waals surface area contributed by atoms with Crippen LogP contribution in [0.2, 0.25) is 0 Å². The van der Waals surface area contributed by atoms with Gasteiger partial charge in [0, 0.05) is 19.1 Å². The van der Waals surface area contributed by atoms with Gasteiger partial charge in [-0.2, -0.15) is 9.61 Å². The van der Waals surface area contributed by atoms with Gasteiger partial charge in [-0.05, 0) is 38.1 Å². The second-order valence-corrected chi connectivity index (χ2v) is 4.64. The standard InChI is InChI=1S/C12H17N5/c1-9-5-11-14-8-15-17(11)12(6-9)16-4-3-10(7-16)13-2/h5-6,8,10,13H,3-4,7H2,1-2H3. The minimum absolute atomic E-state index is 0.578. The maximum Gasteiger partial charge on any atom is 0.157 e. The van der Waals surface area contributed by atoms with E-state index in [2.05, 4.69) is 39.4 Å². The molecule has 0 spiro atoms. The molecule has 0 aromatic carbocycles. The second-order valence-electron chi connectivity index (χ2n) is 4.64. The van der Waals surface area contributed by atoms with Crippen LogP contribution in [0.5, 0.6) is 0 Å². The lowest BCUT2D eigenvalue weighted by Crippen LogP contribution is -2.30. The van der Waals surface area contributed by atoms with Crippen LogP contribution in [0.4, 0.5) is 5.82 Å². The third-order valence-electron chi connectivity index (χ3n) is 3.43. The van der Waals surface area contributed by atoms with Crippen LogP contribution in [-0.4, -0.2) is 40.8 Å². The summed E-state index contributed by atoms with van der Waals surface area (Å²) in [5, 5.41) is 7.63. The average Bonchev–Trinajstić information content (AvgIpc) is 2.95. The summed E-state index contributed by atoms with van der Waals surface area (Å²) in [6.07, 6.45) is 2.80. The number of fused-ring (bicyclic) bond motifs is 1. The van der Waals surface area contributed by atoms with E-state index in [0.717, 1.165) is 24.6 Å². The second kappa shape index (κ2) is 4.00. The number of nitrogens with one attached hydrogen (secondary N) is 1. The Balaban J connectivity index is 2.02. The Morgan fingerprint density at radius 1 is 1.41 bits per heavy atom. The molecule has 0 amide bonds. The molecule has 1 atom stereocenters. The predicted octanol–water partition coefficient (Wildman–Crippen LogP) is 0.836. The number of hydrogen-bond donors (Lipinski definition) is 1. The number of pyridine rings is 1. The summed E-state index contributed by atoms with van der Waals surface area (Å²) in [5.41, 5.74) is 2.15. The Labute approximate surface area is 100 Å². The van der Waals surface area contributed by atoms with Crippen LogP contribution in [0.25, 0.3) is 5.65 Å². The molecule has 1 N–H and O–H groups in total. The number of rotatable bonds is 2. The molecule has 2 aromatic rings. The maximum atomic E-state index is 4.30. The van der Waals surface area contributed by atoms with Crippen molar-refractivity contribution in [1.82, 2.24) is 19.9 Å². The van der Waals surface area contributed by atoms with E-state index in [0.29, 0.717) is 6.04 Å². The zero-order chi connectivity index (χ0) is 11.8. The Bertz CT molecular complexity index is 533. The average molecular weight is 231 g/mol. The zero-order valence-electron chi connectivity index (χ0n) is 10.2. The van der Waals surface area contributed by atoms with Crippen LogP contribution < -0.4 is 10.2 Å². The summed E-state index contributed by atoms with van der Waals surface area (Å²) in [4.78, 5) is 6.63. The minimum atomic E-state index is 0.578. The highest BCUT2D eigenvalue weighted by molar-refractivity contribution is 5.53. The molecular weight excluding hydrogens is 214 g/mol. The summed E-state index contributed by atoms with van der Waals surface area (Å²) >= 11 is 0. The van der Waals surface area contributed by atoms with E-state index in [4.69, 9.17) is 0 Å². The fraction of sp³-hybridized carbons (Fsp3) is 0.500. The Morgan fingerprint density at radius 2 is 2.29 bits per heavy atom. The van der Waals surface area contributed by atoms with Gasteiger partial charge in [0.25, 0.3) is 0 Å². The normalized spacial score (nSPS) is 20.4. The zero-order valence-corrected chi connectivity index (χ0v) is 10.2. The van der Waals surface area contributed by atoms with Crippen molar-refractivity contribution in [2.24, 2.45) is 0 Å². The van der Waals surface area contributed by atoms with Crippen molar-refractivity contribution >= 4 is 11.5 Å². The van der Waals surface area contributed by atoms with Crippen molar-refractivity contribution in [1.29, 1.82) is 0 Å². The highest BCUT2D eigenvalue weighted by Gasteiger charge is 2.23. The van der Waals surface area contributed by atoms with Gasteiger partial charge in [-0.3, -0.25) is 0 Å². The van der Waals surface area contributed by atoms with E-state index in [1.165, 1.54) is 12.0 Å². The molecule has 0 bridgehead atoms. The molecule has 0 radical (unpaired) electrons. The Kier molecular flexibility index (Phi) is 2.48. The van der Waals surface area contributed by atoms with Gasteiger partial charge in [-0.1, -0.05) is 0 Å². The third-order valence-corrected chi connectivity index (χ3v) is 3.43. The van der Waals surface area contributed by atoms with E-state index in [1.807, 2.05) is 11.6 Å². The highest BCUT2D eigenvalue weighted by Crippen LogP contribution is 2.22. The van der Waals surface area contributed by atoms with Gasteiger partial charge in [0.05, 0.1) is 0 Å². The quantitative estimate of drug-likeness (QED) is 0.832. The smallest absolute Gasteiger partial charge is 0.157 e. The molecule has 1 unspecified atom stereocenters. The molecule has 0 aliphatic carbocycles. The molecule has 2 aromatic heterocycles. The van der Waals surface area contributed by atoms with Gasteiger partial charge in [0.1, 0.15) is 12.1 Å². The van der Waals surface area contributed by atoms with Crippen molar-refractivity contribution < 1.29 is 0 Å². The molecule has 3 rings (SSSR count). The fourth-order valence-corrected chi connectivity index (χ4v) is 2.46. The van der Waals surface area contributed by atoms with Gasteiger partial charge in [0.15, 0.2) is 5.65 Å². The van der Waals surface area contributed by atoms with Crippen LogP contribution in [-0.2, 0) is 0 Å². The van der Waals surface area contributed by atoms with Gasteiger partial charge in [-0.15, -0.1) is 0 Å². The molecule has 5 nitrogen and oxygen atoms in total. The van der Waals surface area contributed by atoms with Gasteiger partial charge < -0.3 is 10.2 Å². The number of likely N-dealkylation sites (N-methyl/N-ethyl adjacent to an activating group) is 1. The van der Waals surface area contributed by atoms with E-state index in [-0.39, 0.29) is 0 Å². The van der Waals surface area contributed by atoms with Crippen LogP contribution in [0.15, 0.2) is 18.5 Å². The molecule has 17 heavy (non-hydrogen) atoms. The molecule has 1 aliphatic heterocycles. The van der Waals surface area contributed by atoms with E-state index in [1.54, 1.807) is 6.33 Å². The van der Waals surface area contributed by atoms with Gasteiger partial charge in [0.2, 0.25) is 0 Å². The summed E-state index contributed by atoms with van der Waals surface area (Å²) in [7, 11) is 2.02. The SMILES string of the molecule is CNC1CCN(c2cc(C)cc3ncnn23)C1. The topological polar surface area (TPSA) is 45.5 Å². The summed E-state index contributed by atoms with van der Waals surface area (Å²) < 4.78 is 1.92. The van der Waals surface area contributed by atoms with Crippen molar-refractivity contribution in [2.45, 2.75) is 19.4 Å². The summed E-state index contributed by atoms with van der Waals surface area (Å²) in [6.45, 7) is 4.21. The first-order valence-corrected chi connectivity index (χ1v) is 6.00. The highest BCUT2D eigenvalue weighted by atomic mass is 15.4. The Hall–Kier alpha value is -1.62. The fourth-order valence-electron chi connectivity index (χ4n) is 2.46. The van der Waals surface area contributed by atoms with E-state index in [9.17, 15) is 0 Å². The number of anilines is 1. The molecule has 1 fully saturated rings. The molecule has 1 saturated heterocycles. The van der Waals surface area contributed by atoms with Crippen molar-refractivity contribution in [3.05, 3.63) is 24.0 Å². The van der Waals surface area contributed by atoms with Crippen molar-refractivity contribution in [3.8, 4) is 0 Å². The Morgan fingerprint density at radius 3 is 3.06 bits per heavy atom. The van der Waals surface area contributed by atoms with E-state index >= 15 is 0 Å². The lowest BCUT2D eigenvalue weighted by molar-refractivity contribution is 0.616. The lowest BCUT2D eigenvalue weighted by Gasteiger charge is -2.19. The largest absolute Gasteiger partial charge is 0.355 e. The third kappa shape index (κ3) is 1.76. The van der Waals surface area contributed by atoms with Crippen LogP contribution in [0, 0.1) is 6.92 Å². The van der Waals surface area contributed by atoms with Gasteiger partial charge >= 0.3 is 0 Å². The van der Waals surface area contributed by atoms with Crippen molar-refractivity contribution in [2.75, 3.05) is 25.0 Å². The molecule has 1 aliphatic rings.